The molecule has 0 bridgehead atoms. The normalized spacial score (nSPS) is 6.67. The predicted octanol–water partition coefficient (Wildman–Crippen LogP) is -7.57. The molecule has 0 rings (SSSR count). The maximum atomic E-state index is 9.55. The van der Waals surface area contributed by atoms with Gasteiger partial charge in [0.1, 0.15) is 0 Å². The first-order valence-electron chi connectivity index (χ1n) is 2.40. The molecule has 0 atom stereocenters. The Morgan fingerprint density at radius 2 is 1.00 bits per heavy atom. The van der Waals surface area contributed by atoms with Crippen LogP contribution in [0.1, 0.15) is 0 Å². The van der Waals surface area contributed by atoms with E-state index in [0.29, 0.717) is 12.2 Å². The van der Waals surface area contributed by atoms with Crippen molar-refractivity contribution in [3.63, 3.8) is 0 Å². The van der Waals surface area contributed by atoms with Crippen molar-refractivity contribution < 1.29 is 99.4 Å². The van der Waals surface area contributed by atoms with E-state index in [2.05, 4.69) is 0 Å². The van der Waals surface area contributed by atoms with Crippen LogP contribution in [-0.2, 0) is 9.59 Å². The fourth-order valence-corrected chi connectivity index (χ4v) is 0.143. The van der Waals surface area contributed by atoms with Crippen LogP contribution in [0.2, 0.25) is 0 Å². The van der Waals surface area contributed by atoms with Gasteiger partial charge < -0.3 is 30.7 Å². The molecule has 0 aliphatic heterocycles. The van der Waals surface area contributed by atoms with Crippen molar-refractivity contribution in [2.45, 2.75) is 0 Å². The van der Waals surface area contributed by atoms with Crippen molar-refractivity contribution in [2.24, 2.45) is 0 Å². The summed E-state index contributed by atoms with van der Waals surface area (Å²) < 4.78 is 0. The zero-order valence-electron chi connectivity index (χ0n) is 8.08. The Morgan fingerprint density at radius 3 is 1.07 bits per heavy atom. The fraction of sp³-hybridized carbons (Fsp3) is 0. The van der Waals surface area contributed by atoms with E-state index in [4.69, 9.17) is 25.2 Å². The summed E-state index contributed by atoms with van der Waals surface area (Å²) in [5.74, 6) is -2.51. The van der Waals surface area contributed by atoms with Gasteiger partial charge in [-0.15, -0.1) is 0 Å². The van der Waals surface area contributed by atoms with Gasteiger partial charge in [0.2, 0.25) is 6.16 Å². The molecule has 0 aromatic rings. The number of carboxylic acids is 2. The molecule has 0 unspecified atom stereocenters. The Labute approximate surface area is 128 Å². The van der Waals surface area contributed by atoms with Gasteiger partial charge in [0, 0.05) is 12.2 Å². The molecule has 10 heteroatoms. The smallest absolute Gasteiger partial charge is 0.870 e. The Kier molecular flexibility index (Phi) is 38.1. The number of carboxylic acid groups (broad SMARTS) is 4. The second-order valence-corrected chi connectivity index (χ2v) is 1.28. The molecule has 0 amide bonds. The maximum Gasteiger partial charge on any atom is 1.00 e. The minimum atomic E-state index is -2.08. The molecule has 0 heterocycles. The van der Waals surface area contributed by atoms with Crippen molar-refractivity contribution in [2.75, 3.05) is 0 Å². The summed E-state index contributed by atoms with van der Waals surface area (Å²) in [6.45, 7) is 0. The maximum absolute atomic E-state index is 9.55. The van der Waals surface area contributed by atoms with Crippen LogP contribution in [0, 0.1) is 0 Å². The van der Waals surface area contributed by atoms with Gasteiger partial charge in [0.05, 0.1) is 0 Å². The second kappa shape index (κ2) is 19.5. The molecule has 0 spiro atoms. The third-order valence-corrected chi connectivity index (χ3v) is 0.368. The van der Waals surface area contributed by atoms with Crippen LogP contribution in [0.15, 0.2) is 12.2 Å². The number of aliphatic carboxylic acids is 2. The Hall–Kier alpha value is -0.0900. The number of hydrogen-bond donors (Lipinski definition) is 3. The average molecular weight is 240 g/mol. The summed E-state index contributed by atoms with van der Waals surface area (Å²) in [6, 6.07) is 0. The third kappa shape index (κ3) is 81.8. The summed E-state index contributed by atoms with van der Waals surface area (Å²) >= 11 is 0. The molecule has 0 aromatic heterocycles. The van der Waals surface area contributed by atoms with Crippen molar-refractivity contribution in [1.82, 2.24) is 0 Å². The van der Waals surface area contributed by atoms with E-state index >= 15 is 0 Å². The van der Waals surface area contributed by atoms with Gasteiger partial charge in [0.15, 0.2) is 0 Å². The summed E-state index contributed by atoms with van der Waals surface area (Å²) in [5.41, 5.74) is 0. The zero-order chi connectivity index (χ0) is 10.1. The first-order chi connectivity index (χ1) is 5.36. The first kappa shape index (κ1) is 29.4. The summed E-state index contributed by atoms with van der Waals surface area (Å²) in [6.07, 6.45) is -0.968. The third-order valence-electron chi connectivity index (χ3n) is 0.368. The van der Waals surface area contributed by atoms with Gasteiger partial charge in [-0.25, -0.2) is 9.59 Å². The fourth-order valence-electron chi connectivity index (χ4n) is 0.143. The average Bonchev–Trinajstić information content (AvgIpc) is 1.82. The Morgan fingerprint density at radius 1 is 0.867 bits per heavy atom. The van der Waals surface area contributed by atoms with Crippen molar-refractivity contribution in [3.05, 3.63) is 12.2 Å². The monoisotopic (exact) mass is 240 g/mol. The summed E-state index contributed by atoms with van der Waals surface area (Å²) in [5, 5.41) is 30.9. The van der Waals surface area contributed by atoms with Crippen LogP contribution in [0.25, 0.3) is 0 Å². The molecule has 0 aliphatic rings. The molecule has 0 saturated carbocycles. The van der Waals surface area contributed by atoms with Gasteiger partial charge in [-0.05, 0) is 0 Å². The van der Waals surface area contributed by atoms with Crippen LogP contribution >= 0.6 is 0 Å². The Balaban J connectivity index is -0.0000000424. The molecule has 0 radical (unpaired) electrons. The molecular weight excluding hydrogens is 234 g/mol. The Bertz CT molecular complexity index is 193. The molecule has 15 heavy (non-hydrogen) atoms. The van der Waals surface area contributed by atoms with Crippen molar-refractivity contribution in [1.29, 1.82) is 0 Å². The second-order valence-electron chi connectivity index (χ2n) is 1.28. The number of hydrogen-bond acceptors (Lipinski definition) is 5. The molecule has 0 saturated heterocycles. The quantitative estimate of drug-likeness (QED) is 0.316. The summed E-state index contributed by atoms with van der Waals surface area (Å²) in [7, 11) is 0. The van der Waals surface area contributed by atoms with Gasteiger partial charge >= 0.3 is 71.1 Å². The first-order valence-corrected chi connectivity index (χ1v) is 2.40. The van der Waals surface area contributed by atoms with Gasteiger partial charge in [-0.3, -0.25) is 0 Å². The molecular formula is C5H6Na2O8. The van der Waals surface area contributed by atoms with E-state index in [9.17, 15) is 9.59 Å². The van der Waals surface area contributed by atoms with Crippen LogP contribution in [0.3, 0.4) is 0 Å². The molecule has 0 fully saturated rings. The van der Waals surface area contributed by atoms with Crippen LogP contribution in [0.4, 0.5) is 4.79 Å². The van der Waals surface area contributed by atoms with Crippen LogP contribution in [-0.4, -0.2) is 38.9 Å². The van der Waals surface area contributed by atoms with E-state index in [-0.39, 0.29) is 64.6 Å². The van der Waals surface area contributed by atoms with Gasteiger partial charge in [-0.1, -0.05) is 0 Å². The topological polar surface area (TPSA) is 165 Å². The standard InChI is InChI=1S/C4H4O4.CH2O3.2Na.H2O/c5-3(6)1-2-4(7)8;2-1(3)4;;;/h1-2H,(H,5,6)(H,7,8);(H2,2,3,4);;;1H2/q;;2*+1;/p-2/b2-1-;;;;. The van der Waals surface area contributed by atoms with E-state index in [1.807, 2.05) is 0 Å². The molecule has 76 valence electrons. The number of carbonyl (C=O) groups is 3. The molecule has 4 N–H and O–H groups in total. The van der Waals surface area contributed by atoms with Gasteiger partial charge in [-0.2, -0.15) is 0 Å². The SMILES string of the molecule is O=C(O)/C=C\C(=O)O.O=C([O-])O.[Na+].[Na+].[OH-]. The van der Waals surface area contributed by atoms with E-state index in [1.54, 1.807) is 0 Å². The van der Waals surface area contributed by atoms with Gasteiger partial charge in [0.25, 0.3) is 0 Å². The minimum absolute atomic E-state index is 0. The minimum Gasteiger partial charge on any atom is -0.870 e. The van der Waals surface area contributed by atoms with Crippen molar-refractivity contribution >= 4 is 18.1 Å². The summed E-state index contributed by atoms with van der Waals surface area (Å²) in [4.78, 5) is 27.6. The zero-order valence-corrected chi connectivity index (χ0v) is 12.1. The predicted molar refractivity (Wildman–Crippen MR) is 34.4 cm³/mol. The van der Waals surface area contributed by atoms with Crippen LogP contribution < -0.4 is 64.2 Å². The number of rotatable bonds is 2. The molecule has 0 aromatic carbocycles. The largest absolute Gasteiger partial charge is 1.00 e. The van der Waals surface area contributed by atoms with E-state index in [0.717, 1.165) is 0 Å². The van der Waals surface area contributed by atoms with E-state index in [1.165, 1.54) is 0 Å². The molecule has 0 aliphatic carbocycles. The molecule has 8 nitrogen and oxygen atoms in total. The van der Waals surface area contributed by atoms with E-state index < -0.39 is 18.1 Å². The van der Waals surface area contributed by atoms with Crippen molar-refractivity contribution in [3.8, 4) is 0 Å². The van der Waals surface area contributed by atoms with Crippen LogP contribution in [0.5, 0.6) is 0 Å².